The lowest BCUT2D eigenvalue weighted by Gasteiger charge is -2.10. The number of guanidine groups is 1. The summed E-state index contributed by atoms with van der Waals surface area (Å²) in [6, 6.07) is 12.4. The number of para-hydroxylation sites is 2. The number of imidazole rings is 1. The van der Waals surface area contributed by atoms with Gasteiger partial charge in [0.1, 0.15) is 12.4 Å². The lowest BCUT2D eigenvalue weighted by atomic mass is 10.3. The Morgan fingerprint density at radius 3 is 2.83 bits per heavy atom. The number of thiophene rings is 1. The molecule has 0 saturated heterocycles. The van der Waals surface area contributed by atoms with Gasteiger partial charge in [0, 0.05) is 25.0 Å². The maximum atomic E-state index is 4.67. The van der Waals surface area contributed by atoms with Crippen molar-refractivity contribution in [2.75, 3.05) is 13.1 Å². The van der Waals surface area contributed by atoms with Crippen LogP contribution < -0.4 is 10.6 Å². The van der Waals surface area contributed by atoms with Gasteiger partial charge in [-0.1, -0.05) is 18.2 Å². The zero-order valence-corrected chi connectivity index (χ0v) is 14.9. The van der Waals surface area contributed by atoms with E-state index in [0.29, 0.717) is 6.54 Å². The van der Waals surface area contributed by atoms with Crippen LogP contribution in [0, 0.1) is 0 Å². The Labute approximate surface area is 146 Å². The van der Waals surface area contributed by atoms with E-state index in [1.807, 2.05) is 25.2 Å². The fourth-order valence-corrected chi connectivity index (χ4v) is 3.30. The smallest absolute Gasteiger partial charge is 0.191 e. The number of nitrogens with one attached hydrogen (secondary N) is 2. The van der Waals surface area contributed by atoms with Crippen molar-refractivity contribution >= 4 is 28.3 Å². The van der Waals surface area contributed by atoms with Gasteiger partial charge in [-0.25, -0.2) is 9.98 Å². The molecule has 0 aliphatic rings. The molecule has 0 aliphatic heterocycles. The minimum absolute atomic E-state index is 0.555. The highest BCUT2D eigenvalue weighted by Crippen LogP contribution is 2.14. The topological polar surface area (TPSA) is 54.2 Å². The van der Waals surface area contributed by atoms with Gasteiger partial charge < -0.3 is 15.2 Å². The number of aliphatic imine (C=N–C) groups is 1. The molecular formula is C18H23N5S. The van der Waals surface area contributed by atoms with Crippen LogP contribution in [0.4, 0.5) is 0 Å². The average Bonchev–Trinajstić information content (AvgIpc) is 3.21. The molecule has 3 aromatic rings. The predicted octanol–water partition coefficient (Wildman–Crippen LogP) is 2.93. The van der Waals surface area contributed by atoms with Crippen molar-refractivity contribution in [1.82, 2.24) is 20.2 Å². The molecule has 0 radical (unpaired) electrons. The zero-order chi connectivity index (χ0) is 16.8. The van der Waals surface area contributed by atoms with E-state index in [2.05, 4.69) is 55.7 Å². The second-order valence-electron chi connectivity index (χ2n) is 5.53. The third-order valence-corrected chi connectivity index (χ3v) is 4.78. The van der Waals surface area contributed by atoms with Crippen molar-refractivity contribution in [2.45, 2.75) is 19.9 Å². The average molecular weight is 341 g/mol. The molecule has 2 heterocycles. The minimum Gasteiger partial charge on any atom is -0.357 e. The largest absolute Gasteiger partial charge is 0.357 e. The molecule has 1 aromatic carbocycles. The lowest BCUT2D eigenvalue weighted by molar-refractivity contribution is 0.774. The van der Waals surface area contributed by atoms with Crippen molar-refractivity contribution < 1.29 is 0 Å². The third kappa shape index (κ3) is 3.94. The summed E-state index contributed by atoms with van der Waals surface area (Å²) in [4.78, 5) is 10.7. The van der Waals surface area contributed by atoms with Gasteiger partial charge in [0.2, 0.25) is 0 Å². The molecule has 0 spiro atoms. The van der Waals surface area contributed by atoms with E-state index in [0.717, 1.165) is 42.3 Å². The maximum absolute atomic E-state index is 4.67. The van der Waals surface area contributed by atoms with Crippen LogP contribution in [0.25, 0.3) is 11.0 Å². The summed E-state index contributed by atoms with van der Waals surface area (Å²) in [6.45, 7) is 4.34. The van der Waals surface area contributed by atoms with Gasteiger partial charge >= 0.3 is 0 Å². The Bertz CT molecular complexity index is 804. The summed E-state index contributed by atoms with van der Waals surface area (Å²) in [7, 11) is 2.04. The molecule has 24 heavy (non-hydrogen) atoms. The van der Waals surface area contributed by atoms with Crippen LogP contribution in [0.2, 0.25) is 0 Å². The first-order chi connectivity index (χ1) is 11.8. The van der Waals surface area contributed by atoms with Crippen LogP contribution >= 0.6 is 11.3 Å². The van der Waals surface area contributed by atoms with E-state index in [9.17, 15) is 0 Å². The van der Waals surface area contributed by atoms with Crippen LogP contribution in [-0.2, 0) is 20.0 Å². The molecular weight excluding hydrogens is 318 g/mol. The van der Waals surface area contributed by atoms with Crippen LogP contribution in [0.3, 0.4) is 0 Å². The summed E-state index contributed by atoms with van der Waals surface area (Å²) in [5, 5.41) is 8.79. The fraction of sp³-hybridized carbons (Fsp3) is 0.333. The Balaban J connectivity index is 1.64. The molecule has 3 rings (SSSR count). The van der Waals surface area contributed by atoms with E-state index in [-0.39, 0.29) is 0 Å². The van der Waals surface area contributed by atoms with Gasteiger partial charge in [-0.3, -0.25) is 0 Å². The molecule has 0 saturated carbocycles. The van der Waals surface area contributed by atoms with E-state index in [1.54, 1.807) is 11.3 Å². The van der Waals surface area contributed by atoms with Gasteiger partial charge in [0.15, 0.2) is 5.96 Å². The first-order valence-corrected chi connectivity index (χ1v) is 9.10. The van der Waals surface area contributed by atoms with Crippen molar-refractivity contribution in [1.29, 1.82) is 0 Å². The number of hydrogen-bond donors (Lipinski definition) is 2. The Morgan fingerprint density at radius 1 is 1.21 bits per heavy atom. The molecule has 5 nitrogen and oxygen atoms in total. The Kier molecular flexibility index (Phi) is 5.48. The molecule has 126 valence electrons. The van der Waals surface area contributed by atoms with Crippen LogP contribution in [0.5, 0.6) is 0 Å². The lowest BCUT2D eigenvalue weighted by Crippen LogP contribution is -2.38. The normalized spacial score (nSPS) is 11.8. The van der Waals surface area contributed by atoms with Crippen molar-refractivity contribution in [3.8, 4) is 0 Å². The molecule has 2 aromatic heterocycles. The number of nitrogens with zero attached hydrogens (tertiary/aromatic N) is 3. The van der Waals surface area contributed by atoms with E-state index >= 15 is 0 Å². The van der Waals surface area contributed by atoms with E-state index in [1.165, 1.54) is 4.88 Å². The summed E-state index contributed by atoms with van der Waals surface area (Å²) in [6.07, 6.45) is 1.01. The molecule has 2 N–H and O–H groups in total. The molecule has 6 heteroatoms. The monoisotopic (exact) mass is 341 g/mol. The Morgan fingerprint density at radius 2 is 2.08 bits per heavy atom. The quantitative estimate of drug-likeness (QED) is 0.535. The third-order valence-electron chi connectivity index (χ3n) is 3.85. The standard InChI is InChI=1S/C18H23N5S/c1-3-19-18(20-11-10-14-7-6-12-24-14)21-13-17-22-15-8-4-5-9-16(15)23(17)2/h4-9,12H,3,10-11,13H2,1-2H3,(H2,19,20,21). The number of benzene rings is 1. The number of hydrogen-bond acceptors (Lipinski definition) is 3. The number of fused-ring (bicyclic) bond motifs is 1. The first-order valence-electron chi connectivity index (χ1n) is 8.23. The number of aromatic nitrogens is 2. The molecule has 0 atom stereocenters. The number of rotatable bonds is 6. The predicted molar refractivity (Wildman–Crippen MR) is 102 cm³/mol. The van der Waals surface area contributed by atoms with Crippen LogP contribution in [-0.4, -0.2) is 28.6 Å². The molecule has 0 fully saturated rings. The minimum atomic E-state index is 0.555. The van der Waals surface area contributed by atoms with Crippen molar-refractivity contribution in [2.24, 2.45) is 12.0 Å². The van der Waals surface area contributed by atoms with Gasteiger partial charge in [0.05, 0.1) is 11.0 Å². The highest BCUT2D eigenvalue weighted by molar-refractivity contribution is 7.09. The SMILES string of the molecule is CCNC(=NCc1nc2ccccc2n1C)NCCc1cccs1. The van der Waals surface area contributed by atoms with Crippen molar-refractivity contribution in [3.63, 3.8) is 0 Å². The zero-order valence-electron chi connectivity index (χ0n) is 14.1. The van der Waals surface area contributed by atoms with Gasteiger partial charge in [0.25, 0.3) is 0 Å². The second-order valence-corrected chi connectivity index (χ2v) is 6.56. The summed E-state index contributed by atoms with van der Waals surface area (Å²) in [5.74, 6) is 1.80. The summed E-state index contributed by atoms with van der Waals surface area (Å²) >= 11 is 1.79. The van der Waals surface area contributed by atoms with Crippen molar-refractivity contribution in [3.05, 3.63) is 52.5 Å². The highest BCUT2D eigenvalue weighted by atomic mass is 32.1. The number of aryl methyl sites for hydroxylation is 1. The second kappa shape index (κ2) is 7.97. The van der Waals surface area contributed by atoms with Crippen LogP contribution in [0.1, 0.15) is 17.6 Å². The Hall–Kier alpha value is -2.34. The van der Waals surface area contributed by atoms with E-state index < -0.39 is 0 Å². The first kappa shape index (κ1) is 16.5. The molecule has 0 unspecified atom stereocenters. The molecule has 0 bridgehead atoms. The van der Waals surface area contributed by atoms with Gasteiger partial charge in [-0.15, -0.1) is 11.3 Å². The highest BCUT2D eigenvalue weighted by Gasteiger charge is 2.07. The fourth-order valence-electron chi connectivity index (χ4n) is 2.59. The van der Waals surface area contributed by atoms with Crippen LogP contribution in [0.15, 0.2) is 46.8 Å². The van der Waals surface area contributed by atoms with Gasteiger partial charge in [-0.2, -0.15) is 0 Å². The maximum Gasteiger partial charge on any atom is 0.191 e. The van der Waals surface area contributed by atoms with Gasteiger partial charge in [-0.05, 0) is 36.9 Å². The summed E-state index contributed by atoms with van der Waals surface area (Å²) in [5.41, 5.74) is 2.15. The molecule has 0 aliphatic carbocycles. The summed E-state index contributed by atoms with van der Waals surface area (Å²) < 4.78 is 2.11. The molecule has 0 amide bonds. The van der Waals surface area contributed by atoms with E-state index in [4.69, 9.17) is 0 Å².